The van der Waals surface area contributed by atoms with Crippen LogP contribution in [0.3, 0.4) is 0 Å². The van der Waals surface area contributed by atoms with Crippen LogP contribution in [0, 0.1) is 0 Å². The molecule has 4 nitrogen and oxygen atoms in total. The van der Waals surface area contributed by atoms with E-state index in [2.05, 4.69) is 12.6 Å². The van der Waals surface area contributed by atoms with E-state index in [-0.39, 0.29) is 12.4 Å². The third kappa shape index (κ3) is 6.92. The average molecular weight is 372 g/mol. The van der Waals surface area contributed by atoms with Gasteiger partial charge in [-0.2, -0.15) is 12.6 Å². The Morgan fingerprint density at radius 1 is 0.962 bits per heavy atom. The second kappa shape index (κ2) is 10.7. The van der Waals surface area contributed by atoms with E-state index in [0.717, 1.165) is 25.7 Å². The monoisotopic (exact) mass is 372 g/mol. The summed E-state index contributed by atoms with van der Waals surface area (Å²) in [4.78, 5) is 22.7. The van der Waals surface area contributed by atoms with E-state index in [4.69, 9.17) is 9.84 Å². The summed E-state index contributed by atoms with van der Waals surface area (Å²) in [6.07, 6.45) is 4.39. The van der Waals surface area contributed by atoms with Crippen LogP contribution in [0.15, 0.2) is 54.6 Å². The molecule has 26 heavy (non-hydrogen) atoms. The fraction of sp³-hybridized carbons (Fsp3) is 0.333. The molecule has 0 heterocycles. The van der Waals surface area contributed by atoms with Crippen LogP contribution in [0.1, 0.15) is 41.6 Å². The SMILES string of the molecule is O=C(COc1ccc(CCCCCC(S)C(=O)O)cc1)c1ccccc1. The summed E-state index contributed by atoms with van der Waals surface area (Å²) in [6, 6.07) is 16.9. The largest absolute Gasteiger partial charge is 0.485 e. The van der Waals surface area contributed by atoms with Crippen LogP contribution >= 0.6 is 12.6 Å². The first kappa shape index (κ1) is 20.0. The number of carboxylic acid groups (broad SMARTS) is 1. The Hall–Kier alpha value is -2.27. The molecule has 0 saturated carbocycles. The highest BCUT2D eigenvalue weighted by molar-refractivity contribution is 7.81. The maximum atomic E-state index is 12.0. The lowest BCUT2D eigenvalue weighted by Crippen LogP contribution is -2.12. The highest BCUT2D eigenvalue weighted by atomic mass is 32.1. The fourth-order valence-electron chi connectivity index (χ4n) is 2.58. The van der Waals surface area contributed by atoms with Crippen LogP contribution in [-0.2, 0) is 11.2 Å². The number of thiol groups is 1. The minimum absolute atomic E-state index is 0.0256. The maximum absolute atomic E-state index is 12.0. The molecule has 2 rings (SSSR count). The molecule has 0 aliphatic rings. The van der Waals surface area contributed by atoms with Gasteiger partial charge in [0.2, 0.25) is 0 Å². The smallest absolute Gasteiger partial charge is 0.316 e. The average Bonchev–Trinajstić information content (AvgIpc) is 2.67. The standard InChI is InChI=1S/C21H24O4S/c22-19(17-8-4-2-5-9-17)15-25-18-13-11-16(12-14-18)7-3-1-6-10-20(26)21(23)24/h2,4-5,8-9,11-14,20,26H,1,3,6-7,10,15H2,(H,23,24). The number of aryl methyl sites for hydroxylation is 1. The van der Waals surface area contributed by atoms with Gasteiger partial charge in [0.15, 0.2) is 12.4 Å². The van der Waals surface area contributed by atoms with Gasteiger partial charge in [0.05, 0.1) is 5.25 Å². The lowest BCUT2D eigenvalue weighted by atomic mass is 10.1. The van der Waals surface area contributed by atoms with E-state index in [1.165, 1.54) is 5.56 Å². The van der Waals surface area contributed by atoms with E-state index in [1.54, 1.807) is 12.1 Å². The van der Waals surface area contributed by atoms with Gasteiger partial charge in [0.1, 0.15) is 5.75 Å². The zero-order valence-electron chi connectivity index (χ0n) is 14.6. The van der Waals surface area contributed by atoms with Gasteiger partial charge in [-0.1, -0.05) is 55.3 Å². The number of rotatable bonds is 11. The second-order valence-corrected chi connectivity index (χ2v) is 6.80. The first-order chi connectivity index (χ1) is 12.6. The molecule has 0 fully saturated rings. The number of carbonyl (C=O) groups is 2. The Bertz CT molecular complexity index is 698. The molecular weight excluding hydrogens is 348 g/mol. The molecule has 0 amide bonds. The van der Waals surface area contributed by atoms with Crippen LogP contribution in [-0.4, -0.2) is 28.7 Å². The van der Waals surface area contributed by atoms with E-state index < -0.39 is 11.2 Å². The quantitative estimate of drug-likeness (QED) is 0.348. The molecule has 138 valence electrons. The summed E-state index contributed by atoms with van der Waals surface area (Å²) in [7, 11) is 0. The summed E-state index contributed by atoms with van der Waals surface area (Å²) in [6.45, 7) is 0.0256. The fourth-order valence-corrected chi connectivity index (χ4v) is 2.76. The van der Waals surface area contributed by atoms with Gasteiger partial charge in [-0.3, -0.25) is 9.59 Å². The van der Waals surface area contributed by atoms with Gasteiger partial charge < -0.3 is 9.84 Å². The van der Waals surface area contributed by atoms with E-state index in [0.29, 0.717) is 17.7 Å². The number of aliphatic carboxylic acids is 1. The molecule has 1 unspecified atom stereocenters. The minimum atomic E-state index is -0.852. The van der Waals surface area contributed by atoms with E-state index in [9.17, 15) is 9.59 Å². The van der Waals surface area contributed by atoms with Gasteiger partial charge in [-0.15, -0.1) is 0 Å². The van der Waals surface area contributed by atoms with Crippen LogP contribution in [0.2, 0.25) is 0 Å². The van der Waals surface area contributed by atoms with Crippen molar-refractivity contribution in [2.75, 3.05) is 6.61 Å². The van der Waals surface area contributed by atoms with Gasteiger partial charge in [-0.25, -0.2) is 0 Å². The molecule has 0 radical (unpaired) electrons. The molecule has 1 N–H and O–H groups in total. The predicted molar refractivity (Wildman–Crippen MR) is 105 cm³/mol. The number of Topliss-reactive ketones (excluding diaryl/α,β-unsaturated/α-hetero) is 1. The molecule has 0 bridgehead atoms. The maximum Gasteiger partial charge on any atom is 0.316 e. The number of carbonyl (C=O) groups excluding carboxylic acids is 1. The summed E-state index contributed by atoms with van der Waals surface area (Å²) in [5, 5.41) is 8.21. The first-order valence-electron chi connectivity index (χ1n) is 8.77. The van der Waals surface area contributed by atoms with Gasteiger partial charge >= 0.3 is 5.97 Å². The van der Waals surface area contributed by atoms with Crippen molar-refractivity contribution < 1.29 is 19.4 Å². The van der Waals surface area contributed by atoms with Crippen molar-refractivity contribution in [2.45, 2.75) is 37.4 Å². The molecule has 0 saturated heterocycles. The molecule has 1 atom stereocenters. The molecule has 5 heteroatoms. The van der Waals surface area contributed by atoms with E-state index >= 15 is 0 Å². The van der Waals surface area contributed by atoms with Crippen LogP contribution < -0.4 is 4.74 Å². The summed E-state index contributed by atoms with van der Waals surface area (Å²) in [5.41, 5.74) is 1.85. The van der Waals surface area contributed by atoms with Crippen molar-refractivity contribution in [3.63, 3.8) is 0 Å². The van der Waals surface area contributed by atoms with Crippen molar-refractivity contribution >= 4 is 24.4 Å². The van der Waals surface area contributed by atoms with Crippen LogP contribution in [0.5, 0.6) is 5.75 Å². The van der Waals surface area contributed by atoms with Crippen LogP contribution in [0.4, 0.5) is 0 Å². The molecule has 2 aromatic rings. The first-order valence-corrected chi connectivity index (χ1v) is 9.29. The summed E-state index contributed by atoms with van der Waals surface area (Å²) in [5.74, 6) is -0.217. The van der Waals surface area contributed by atoms with Crippen molar-refractivity contribution in [3.05, 3.63) is 65.7 Å². The minimum Gasteiger partial charge on any atom is -0.485 e. The van der Waals surface area contributed by atoms with Crippen LogP contribution in [0.25, 0.3) is 0 Å². The molecular formula is C21H24O4S. The Morgan fingerprint density at radius 3 is 2.31 bits per heavy atom. The van der Waals surface area contributed by atoms with Gasteiger partial charge in [0, 0.05) is 5.56 Å². The molecule has 0 aliphatic heterocycles. The highest BCUT2D eigenvalue weighted by Gasteiger charge is 2.10. The second-order valence-electron chi connectivity index (χ2n) is 6.18. The topological polar surface area (TPSA) is 63.6 Å². The van der Waals surface area contributed by atoms with Crippen molar-refractivity contribution in [2.24, 2.45) is 0 Å². The van der Waals surface area contributed by atoms with Crippen molar-refractivity contribution in [1.29, 1.82) is 0 Å². The number of ether oxygens (including phenoxy) is 1. The number of unbranched alkanes of at least 4 members (excludes halogenated alkanes) is 2. The lowest BCUT2D eigenvalue weighted by Gasteiger charge is -2.08. The Balaban J connectivity index is 1.68. The van der Waals surface area contributed by atoms with Gasteiger partial charge in [-0.05, 0) is 37.0 Å². The Kier molecular flexibility index (Phi) is 8.22. The predicted octanol–water partition coefficient (Wildman–Crippen LogP) is 4.43. The summed E-state index contributed by atoms with van der Waals surface area (Å²) >= 11 is 4.03. The molecule has 0 aromatic heterocycles. The van der Waals surface area contributed by atoms with Crippen molar-refractivity contribution in [1.82, 2.24) is 0 Å². The third-order valence-electron chi connectivity index (χ3n) is 4.12. The lowest BCUT2D eigenvalue weighted by molar-refractivity contribution is -0.136. The number of hydrogen-bond acceptors (Lipinski definition) is 4. The zero-order chi connectivity index (χ0) is 18.8. The molecule has 2 aromatic carbocycles. The number of benzene rings is 2. The number of ketones is 1. The Labute approximate surface area is 159 Å². The van der Waals surface area contributed by atoms with Gasteiger partial charge in [0.25, 0.3) is 0 Å². The summed E-state index contributed by atoms with van der Waals surface area (Å²) < 4.78 is 5.56. The Morgan fingerprint density at radius 2 is 1.65 bits per heavy atom. The normalized spacial score (nSPS) is 11.7. The number of hydrogen-bond donors (Lipinski definition) is 2. The number of carboxylic acids is 1. The van der Waals surface area contributed by atoms with Crippen molar-refractivity contribution in [3.8, 4) is 5.75 Å². The van der Waals surface area contributed by atoms with E-state index in [1.807, 2.05) is 42.5 Å². The highest BCUT2D eigenvalue weighted by Crippen LogP contribution is 2.16. The molecule has 0 spiro atoms. The zero-order valence-corrected chi connectivity index (χ0v) is 15.5. The molecule has 0 aliphatic carbocycles. The third-order valence-corrected chi connectivity index (χ3v) is 4.60.